The average Bonchev–Trinajstić information content (AvgIpc) is 2.70. The fourth-order valence-corrected chi connectivity index (χ4v) is 3.50. The van der Waals surface area contributed by atoms with Crippen molar-refractivity contribution < 1.29 is 19.1 Å². The second-order valence-electron chi connectivity index (χ2n) is 7.00. The number of anilines is 1. The van der Waals surface area contributed by atoms with Crippen LogP contribution in [-0.4, -0.2) is 31.9 Å². The van der Waals surface area contributed by atoms with Gasteiger partial charge in [-0.25, -0.2) is 9.79 Å². The molecule has 1 aliphatic rings. The molecule has 0 saturated heterocycles. The minimum Gasteiger partial charge on any atom is -0.497 e. The van der Waals surface area contributed by atoms with E-state index in [-0.39, 0.29) is 5.91 Å². The maximum atomic E-state index is 13.3. The van der Waals surface area contributed by atoms with Crippen molar-refractivity contribution in [1.29, 1.82) is 0 Å². The lowest BCUT2D eigenvalue weighted by Crippen LogP contribution is -2.45. The number of aliphatic imine (C=N–C) groups is 1. The number of hydrogen-bond donors (Lipinski definition) is 2. The van der Waals surface area contributed by atoms with Gasteiger partial charge in [0.2, 0.25) is 5.91 Å². The first-order chi connectivity index (χ1) is 13.8. The van der Waals surface area contributed by atoms with Crippen LogP contribution in [0.1, 0.15) is 29.7 Å². The Morgan fingerprint density at radius 3 is 2.55 bits per heavy atom. The molecule has 7 nitrogen and oxygen atoms in total. The van der Waals surface area contributed by atoms with Gasteiger partial charge in [-0.3, -0.25) is 4.79 Å². The van der Waals surface area contributed by atoms with E-state index in [1.54, 1.807) is 39.3 Å². The summed E-state index contributed by atoms with van der Waals surface area (Å²) >= 11 is 0. The van der Waals surface area contributed by atoms with Crippen molar-refractivity contribution in [3.63, 3.8) is 0 Å². The Morgan fingerprint density at radius 2 is 1.86 bits per heavy atom. The molecule has 2 unspecified atom stereocenters. The number of nitrogens with zero attached hydrogens (tertiary/aromatic N) is 1. The van der Waals surface area contributed by atoms with Crippen LogP contribution < -0.4 is 20.1 Å². The Kier molecular flexibility index (Phi) is 5.87. The summed E-state index contributed by atoms with van der Waals surface area (Å²) in [7, 11) is 3.10. The van der Waals surface area contributed by atoms with Crippen LogP contribution in [-0.2, 0) is 4.79 Å². The van der Waals surface area contributed by atoms with Gasteiger partial charge in [-0.1, -0.05) is 12.1 Å². The second kappa shape index (κ2) is 8.34. The molecule has 0 aliphatic carbocycles. The van der Waals surface area contributed by atoms with Gasteiger partial charge in [0.05, 0.1) is 20.3 Å². The van der Waals surface area contributed by atoms with Crippen molar-refractivity contribution in [3.05, 3.63) is 53.1 Å². The number of aryl methyl sites for hydroxylation is 1. The molecule has 2 N–H and O–H groups in total. The number of methoxy groups -OCH3 is 2. The van der Waals surface area contributed by atoms with E-state index in [1.807, 2.05) is 32.0 Å². The predicted molar refractivity (Wildman–Crippen MR) is 112 cm³/mol. The fourth-order valence-electron chi connectivity index (χ4n) is 3.50. The van der Waals surface area contributed by atoms with E-state index in [0.717, 1.165) is 16.8 Å². The molecule has 152 valence electrons. The van der Waals surface area contributed by atoms with Crippen molar-refractivity contribution in [2.75, 3.05) is 19.5 Å². The van der Waals surface area contributed by atoms with Gasteiger partial charge in [0, 0.05) is 17.0 Å². The lowest BCUT2D eigenvalue weighted by atomic mass is 9.86. The third kappa shape index (κ3) is 4.08. The van der Waals surface area contributed by atoms with Crippen molar-refractivity contribution >= 4 is 23.3 Å². The fraction of sp³-hybridized carbons (Fsp3) is 0.318. The zero-order chi connectivity index (χ0) is 21.1. The van der Waals surface area contributed by atoms with Crippen LogP contribution >= 0.6 is 0 Å². The molecule has 7 heteroatoms. The minimum atomic E-state index is -0.700. The van der Waals surface area contributed by atoms with E-state index in [1.165, 1.54) is 0 Å². The first-order valence-corrected chi connectivity index (χ1v) is 9.30. The highest BCUT2D eigenvalue weighted by Gasteiger charge is 2.38. The molecule has 0 fully saturated rings. The number of benzene rings is 2. The van der Waals surface area contributed by atoms with Crippen molar-refractivity contribution in [3.8, 4) is 11.5 Å². The summed E-state index contributed by atoms with van der Waals surface area (Å²) in [6.45, 7) is 5.63. The van der Waals surface area contributed by atoms with Gasteiger partial charge in [-0.15, -0.1) is 0 Å². The highest BCUT2D eigenvalue weighted by molar-refractivity contribution is 6.13. The molecule has 3 rings (SSSR count). The van der Waals surface area contributed by atoms with E-state index < -0.39 is 18.0 Å². The Morgan fingerprint density at radius 1 is 1.10 bits per heavy atom. The van der Waals surface area contributed by atoms with E-state index in [9.17, 15) is 9.59 Å². The number of urea groups is 1. The van der Waals surface area contributed by atoms with Crippen LogP contribution in [0.15, 0.2) is 41.4 Å². The molecule has 2 aromatic carbocycles. The average molecular weight is 395 g/mol. The number of carbonyl (C=O) groups excluding carboxylic acids is 2. The molecular formula is C22H25N3O4. The van der Waals surface area contributed by atoms with Gasteiger partial charge in [0.25, 0.3) is 0 Å². The third-order valence-electron chi connectivity index (χ3n) is 5.26. The number of amides is 3. The van der Waals surface area contributed by atoms with Crippen LogP contribution in [0.4, 0.5) is 10.5 Å². The SMILES string of the molecule is COc1ccc(OC)c(C2NC(=O)N=C(C)C2C(=O)Nc2cccc(C)c2C)c1. The lowest BCUT2D eigenvalue weighted by Gasteiger charge is -2.31. The van der Waals surface area contributed by atoms with Gasteiger partial charge in [-0.05, 0) is 56.2 Å². The van der Waals surface area contributed by atoms with Gasteiger partial charge in [0.15, 0.2) is 0 Å². The first kappa shape index (κ1) is 20.4. The minimum absolute atomic E-state index is 0.255. The Labute approximate surface area is 170 Å². The summed E-state index contributed by atoms with van der Waals surface area (Å²) in [5.74, 6) is 0.197. The van der Waals surface area contributed by atoms with E-state index in [0.29, 0.717) is 22.8 Å². The molecule has 0 radical (unpaired) electrons. The number of carbonyl (C=O) groups is 2. The number of ether oxygens (including phenoxy) is 2. The van der Waals surface area contributed by atoms with Crippen LogP contribution in [0, 0.1) is 19.8 Å². The van der Waals surface area contributed by atoms with Crippen molar-refractivity contribution in [2.45, 2.75) is 26.8 Å². The monoisotopic (exact) mass is 395 g/mol. The molecular weight excluding hydrogens is 370 g/mol. The highest BCUT2D eigenvalue weighted by Crippen LogP contribution is 2.36. The Hall–Kier alpha value is -3.35. The standard InChI is InChI=1S/C22H25N3O4/c1-12-7-6-8-17(13(12)2)24-21(26)19-14(3)23-22(27)25-20(19)16-11-15(28-4)9-10-18(16)29-5/h6-11,19-20H,1-5H3,(H,24,26)(H,25,27). The number of hydrogen-bond acceptors (Lipinski definition) is 4. The van der Waals surface area contributed by atoms with Crippen LogP contribution in [0.3, 0.4) is 0 Å². The topological polar surface area (TPSA) is 89.0 Å². The van der Waals surface area contributed by atoms with Gasteiger partial charge in [-0.2, -0.15) is 0 Å². The molecule has 2 aromatic rings. The summed E-state index contributed by atoms with van der Waals surface area (Å²) in [4.78, 5) is 29.4. The molecule has 1 heterocycles. The zero-order valence-electron chi connectivity index (χ0n) is 17.2. The Bertz CT molecular complexity index is 984. The van der Waals surface area contributed by atoms with E-state index in [2.05, 4.69) is 15.6 Å². The second-order valence-corrected chi connectivity index (χ2v) is 7.00. The highest BCUT2D eigenvalue weighted by atomic mass is 16.5. The molecule has 29 heavy (non-hydrogen) atoms. The van der Waals surface area contributed by atoms with Crippen LogP contribution in [0.25, 0.3) is 0 Å². The smallest absolute Gasteiger partial charge is 0.341 e. The first-order valence-electron chi connectivity index (χ1n) is 9.30. The largest absolute Gasteiger partial charge is 0.497 e. The van der Waals surface area contributed by atoms with Crippen LogP contribution in [0.5, 0.6) is 11.5 Å². The summed E-state index contributed by atoms with van der Waals surface area (Å²) in [5, 5.41) is 5.80. The molecule has 0 spiro atoms. The number of nitrogens with one attached hydrogen (secondary N) is 2. The molecule has 2 atom stereocenters. The maximum absolute atomic E-state index is 13.3. The molecule has 0 bridgehead atoms. The normalized spacial score (nSPS) is 18.5. The molecule has 1 aliphatic heterocycles. The summed E-state index contributed by atoms with van der Waals surface area (Å²) in [6.07, 6.45) is 0. The lowest BCUT2D eigenvalue weighted by molar-refractivity contribution is -0.118. The zero-order valence-corrected chi connectivity index (χ0v) is 17.2. The summed E-state index contributed by atoms with van der Waals surface area (Å²) in [5.41, 5.74) is 3.89. The maximum Gasteiger partial charge on any atom is 0.341 e. The predicted octanol–water partition coefficient (Wildman–Crippen LogP) is 3.80. The quantitative estimate of drug-likeness (QED) is 0.806. The molecule has 3 amide bonds. The van der Waals surface area contributed by atoms with E-state index in [4.69, 9.17) is 9.47 Å². The third-order valence-corrected chi connectivity index (χ3v) is 5.26. The van der Waals surface area contributed by atoms with Gasteiger partial charge < -0.3 is 20.1 Å². The van der Waals surface area contributed by atoms with Crippen LogP contribution in [0.2, 0.25) is 0 Å². The van der Waals surface area contributed by atoms with E-state index >= 15 is 0 Å². The summed E-state index contributed by atoms with van der Waals surface area (Å²) in [6, 6.07) is 9.88. The van der Waals surface area contributed by atoms with Crippen molar-refractivity contribution in [1.82, 2.24) is 5.32 Å². The number of rotatable bonds is 5. The Balaban J connectivity index is 2.02. The van der Waals surface area contributed by atoms with Gasteiger partial charge in [0.1, 0.15) is 17.4 Å². The molecule has 0 aromatic heterocycles. The molecule has 0 saturated carbocycles. The summed E-state index contributed by atoms with van der Waals surface area (Å²) < 4.78 is 10.8. The van der Waals surface area contributed by atoms with Gasteiger partial charge >= 0.3 is 6.03 Å². The van der Waals surface area contributed by atoms with Crippen molar-refractivity contribution in [2.24, 2.45) is 10.9 Å².